The molecule has 0 fully saturated rings. The first-order valence-electron chi connectivity index (χ1n) is 5.74. The third-order valence-electron chi connectivity index (χ3n) is 2.67. The molecule has 2 rings (SSSR count). The zero-order valence-electron chi connectivity index (χ0n) is 10.3. The van der Waals surface area contributed by atoms with E-state index in [0.717, 1.165) is 0 Å². The molecule has 0 atom stereocenters. The van der Waals surface area contributed by atoms with Gasteiger partial charge in [0.15, 0.2) is 0 Å². The molecule has 20 heavy (non-hydrogen) atoms. The lowest BCUT2D eigenvalue weighted by atomic mass is 10.1. The van der Waals surface area contributed by atoms with Crippen LogP contribution in [0.2, 0.25) is 0 Å². The number of nitro groups is 2. The van der Waals surface area contributed by atoms with Crippen molar-refractivity contribution in [3.05, 3.63) is 86.0 Å². The van der Waals surface area contributed by atoms with Gasteiger partial charge in [-0.2, -0.15) is 0 Å². The molecule has 2 aromatic carbocycles. The molecule has 0 aliphatic heterocycles. The first-order chi connectivity index (χ1) is 9.58. The second-order valence-corrected chi connectivity index (χ2v) is 4.00. The summed E-state index contributed by atoms with van der Waals surface area (Å²) in [6, 6.07) is 14.1. The Kier molecular flexibility index (Phi) is 3.85. The summed E-state index contributed by atoms with van der Waals surface area (Å²) in [7, 11) is 0. The van der Waals surface area contributed by atoms with Crippen molar-refractivity contribution < 1.29 is 9.85 Å². The first-order valence-corrected chi connectivity index (χ1v) is 5.74. The van der Waals surface area contributed by atoms with Crippen molar-refractivity contribution in [2.45, 2.75) is 0 Å². The monoisotopic (exact) mass is 270 g/mol. The van der Waals surface area contributed by atoms with Crippen LogP contribution in [0.4, 0.5) is 5.69 Å². The van der Waals surface area contributed by atoms with E-state index in [-0.39, 0.29) is 11.4 Å². The zero-order valence-corrected chi connectivity index (χ0v) is 10.3. The van der Waals surface area contributed by atoms with Gasteiger partial charge in [0.2, 0.25) is 0 Å². The fourth-order valence-electron chi connectivity index (χ4n) is 1.70. The van der Waals surface area contributed by atoms with Crippen molar-refractivity contribution in [3.8, 4) is 0 Å². The lowest BCUT2D eigenvalue weighted by Gasteiger charge is -1.99. The maximum absolute atomic E-state index is 11.1. The van der Waals surface area contributed by atoms with Crippen LogP contribution in [0.3, 0.4) is 0 Å². The average molecular weight is 270 g/mol. The zero-order chi connectivity index (χ0) is 14.5. The number of nitrogens with zero attached hydrogens (tertiary/aromatic N) is 2. The lowest BCUT2D eigenvalue weighted by Crippen LogP contribution is -1.98. The van der Waals surface area contributed by atoms with Crippen LogP contribution in [0.25, 0.3) is 11.8 Å². The summed E-state index contributed by atoms with van der Waals surface area (Å²) in [5.74, 6) is 0. The van der Waals surface area contributed by atoms with Crippen LogP contribution in [-0.4, -0.2) is 9.85 Å². The van der Waals surface area contributed by atoms with Gasteiger partial charge in [-0.1, -0.05) is 30.3 Å². The summed E-state index contributed by atoms with van der Waals surface area (Å²) in [5.41, 5.74) is 0.810. The number of non-ortho nitro benzene ring substituents is 1. The predicted octanol–water partition coefficient (Wildman–Crippen LogP) is 3.37. The number of hydrogen-bond donors (Lipinski definition) is 0. The summed E-state index contributed by atoms with van der Waals surface area (Å²) in [6.45, 7) is 0. The maximum Gasteiger partial charge on any atom is 0.277 e. The Labute approximate surface area is 114 Å². The molecule has 0 saturated heterocycles. The molecule has 0 N–H and O–H groups in total. The molecule has 0 aliphatic rings. The molecule has 2 aromatic rings. The van der Waals surface area contributed by atoms with Crippen LogP contribution in [0.15, 0.2) is 54.6 Å². The Hall–Kier alpha value is -3.02. The van der Waals surface area contributed by atoms with Crippen molar-refractivity contribution >= 4 is 17.5 Å². The van der Waals surface area contributed by atoms with Crippen LogP contribution < -0.4 is 0 Å². The quantitative estimate of drug-likeness (QED) is 0.484. The van der Waals surface area contributed by atoms with Gasteiger partial charge in [-0.3, -0.25) is 20.2 Å². The third-order valence-corrected chi connectivity index (χ3v) is 2.67. The van der Waals surface area contributed by atoms with E-state index in [1.165, 1.54) is 30.3 Å². The number of nitro benzene ring substituents is 1. The summed E-state index contributed by atoms with van der Waals surface area (Å²) < 4.78 is 0. The van der Waals surface area contributed by atoms with E-state index in [2.05, 4.69) is 0 Å². The molecule has 0 amide bonds. The van der Waals surface area contributed by atoms with Gasteiger partial charge in [0.1, 0.15) is 0 Å². The van der Waals surface area contributed by atoms with Gasteiger partial charge in [0, 0.05) is 18.2 Å². The van der Waals surface area contributed by atoms with Crippen LogP contribution in [0.5, 0.6) is 0 Å². The fourth-order valence-corrected chi connectivity index (χ4v) is 1.70. The standard InChI is InChI=1S/C14H10N2O4/c17-15(18)13-8-6-12(7-9-13)14(16(19)20)10-11-4-2-1-3-5-11/h1-10H. The van der Waals surface area contributed by atoms with Gasteiger partial charge in [-0.05, 0) is 17.7 Å². The van der Waals surface area contributed by atoms with Crippen molar-refractivity contribution in [1.29, 1.82) is 0 Å². The van der Waals surface area contributed by atoms with E-state index in [9.17, 15) is 20.2 Å². The summed E-state index contributed by atoms with van der Waals surface area (Å²) >= 11 is 0. The minimum Gasteiger partial charge on any atom is -0.258 e. The second-order valence-electron chi connectivity index (χ2n) is 4.00. The highest BCUT2D eigenvalue weighted by molar-refractivity contribution is 5.76. The second kappa shape index (κ2) is 5.75. The van der Waals surface area contributed by atoms with Crippen molar-refractivity contribution in [2.75, 3.05) is 0 Å². The molecular formula is C14H10N2O4. The Bertz CT molecular complexity index is 663. The minimum absolute atomic E-state index is 0.101. The molecule has 100 valence electrons. The Morgan fingerprint density at radius 2 is 1.50 bits per heavy atom. The first kappa shape index (κ1) is 13.4. The van der Waals surface area contributed by atoms with Gasteiger partial charge < -0.3 is 0 Å². The van der Waals surface area contributed by atoms with Crippen molar-refractivity contribution in [1.82, 2.24) is 0 Å². The van der Waals surface area contributed by atoms with E-state index < -0.39 is 9.85 Å². The summed E-state index contributed by atoms with van der Waals surface area (Å²) in [6.07, 6.45) is 1.43. The maximum atomic E-state index is 11.1. The SMILES string of the molecule is O=[N+]([O-])C(=Cc1ccccc1)c1ccc([N+](=O)[O-])cc1. The number of hydrogen-bond acceptors (Lipinski definition) is 4. The highest BCUT2D eigenvalue weighted by Crippen LogP contribution is 2.21. The normalized spacial score (nSPS) is 11.1. The lowest BCUT2D eigenvalue weighted by molar-refractivity contribution is -0.385. The molecule has 6 heteroatoms. The summed E-state index contributed by atoms with van der Waals surface area (Å²) in [4.78, 5) is 20.6. The van der Waals surface area contributed by atoms with Crippen LogP contribution in [0, 0.1) is 20.2 Å². The van der Waals surface area contributed by atoms with Crippen LogP contribution in [0.1, 0.15) is 11.1 Å². The number of benzene rings is 2. The summed E-state index contributed by atoms with van der Waals surface area (Å²) in [5, 5.41) is 21.7. The van der Waals surface area contributed by atoms with E-state index in [1.807, 2.05) is 6.07 Å². The largest absolute Gasteiger partial charge is 0.277 e. The minimum atomic E-state index is -0.545. The van der Waals surface area contributed by atoms with Gasteiger partial charge in [0.05, 0.1) is 15.4 Å². The topological polar surface area (TPSA) is 86.3 Å². The number of rotatable bonds is 4. The Balaban J connectivity index is 2.41. The Morgan fingerprint density at radius 1 is 0.900 bits per heavy atom. The smallest absolute Gasteiger partial charge is 0.258 e. The molecule has 0 aliphatic carbocycles. The predicted molar refractivity (Wildman–Crippen MR) is 74.4 cm³/mol. The molecule has 0 heterocycles. The average Bonchev–Trinajstić information content (AvgIpc) is 2.45. The molecule has 0 bridgehead atoms. The van der Waals surface area contributed by atoms with Gasteiger partial charge in [0.25, 0.3) is 11.4 Å². The molecule has 0 aromatic heterocycles. The van der Waals surface area contributed by atoms with E-state index in [0.29, 0.717) is 11.1 Å². The molecule has 0 spiro atoms. The van der Waals surface area contributed by atoms with Gasteiger partial charge >= 0.3 is 0 Å². The van der Waals surface area contributed by atoms with Crippen LogP contribution in [-0.2, 0) is 0 Å². The van der Waals surface area contributed by atoms with Crippen LogP contribution >= 0.6 is 0 Å². The highest BCUT2D eigenvalue weighted by Gasteiger charge is 2.15. The van der Waals surface area contributed by atoms with E-state index in [4.69, 9.17) is 0 Å². The van der Waals surface area contributed by atoms with E-state index >= 15 is 0 Å². The Morgan fingerprint density at radius 3 is 2.00 bits per heavy atom. The fraction of sp³-hybridized carbons (Fsp3) is 0. The van der Waals surface area contributed by atoms with E-state index in [1.54, 1.807) is 24.3 Å². The van der Waals surface area contributed by atoms with Crippen molar-refractivity contribution in [2.24, 2.45) is 0 Å². The molecule has 0 radical (unpaired) electrons. The molecule has 0 unspecified atom stereocenters. The molecule has 6 nitrogen and oxygen atoms in total. The molecule has 0 saturated carbocycles. The van der Waals surface area contributed by atoms with Gasteiger partial charge in [-0.25, -0.2) is 0 Å². The van der Waals surface area contributed by atoms with Gasteiger partial charge in [-0.15, -0.1) is 0 Å². The molecular weight excluding hydrogens is 260 g/mol. The highest BCUT2D eigenvalue weighted by atomic mass is 16.6. The van der Waals surface area contributed by atoms with Crippen molar-refractivity contribution in [3.63, 3.8) is 0 Å². The third kappa shape index (κ3) is 3.05.